The Morgan fingerprint density at radius 3 is 2.50 bits per heavy atom. The molecule has 0 spiro atoms. The number of ether oxygens (including phenoxy) is 2. The van der Waals surface area contributed by atoms with Crippen molar-refractivity contribution in [2.24, 2.45) is 0 Å². The quantitative estimate of drug-likeness (QED) is 0.587. The summed E-state index contributed by atoms with van der Waals surface area (Å²) in [6.07, 6.45) is 1.95. The van der Waals surface area contributed by atoms with Gasteiger partial charge < -0.3 is 14.8 Å². The summed E-state index contributed by atoms with van der Waals surface area (Å²) in [5.41, 5.74) is 0.706. The molecule has 1 fully saturated rings. The van der Waals surface area contributed by atoms with Crippen LogP contribution in [0.3, 0.4) is 0 Å². The summed E-state index contributed by atoms with van der Waals surface area (Å²) in [6, 6.07) is 16.8. The van der Waals surface area contributed by atoms with Crippen LogP contribution in [-0.4, -0.2) is 40.5 Å². The lowest BCUT2D eigenvalue weighted by Crippen LogP contribution is -2.34. The maximum atomic E-state index is 12.9. The Hall–Kier alpha value is -3.55. The lowest BCUT2D eigenvalue weighted by Gasteiger charge is -2.07. The predicted molar refractivity (Wildman–Crippen MR) is 112 cm³/mol. The number of carbonyl (C=O) groups excluding carboxylic acids is 1. The topological polar surface area (TPSA) is 87.4 Å². The number of aromatic nitrogens is 3. The van der Waals surface area contributed by atoms with Crippen LogP contribution < -0.4 is 20.5 Å². The van der Waals surface area contributed by atoms with Crippen LogP contribution in [0.25, 0.3) is 11.4 Å². The number of para-hydroxylation sites is 1. The van der Waals surface area contributed by atoms with E-state index in [0.717, 1.165) is 24.2 Å². The molecule has 1 aliphatic rings. The summed E-state index contributed by atoms with van der Waals surface area (Å²) in [4.78, 5) is 24.9. The van der Waals surface area contributed by atoms with Crippen LogP contribution in [0.15, 0.2) is 59.4 Å². The highest BCUT2D eigenvalue weighted by Gasteiger charge is 2.30. The Morgan fingerprint density at radius 1 is 1.10 bits per heavy atom. The Labute approximate surface area is 174 Å². The molecule has 0 bridgehead atoms. The number of rotatable bonds is 9. The van der Waals surface area contributed by atoms with Crippen molar-refractivity contribution < 1.29 is 14.3 Å². The van der Waals surface area contributed by atoms with E-state index in [-0.39, 0.29) is 24.2 Å². The van der Waals surface area contributed by atoms with E-state index in [1.807, 2.05) is 42.5 Å². The maximum Gasteiger partial charge on any atom is 0.346 e. The number of benzene rings is 2. The van der Waals surface area contributed by atoms with E-state index in [4.69, 9.17) is 9.47 Å². The molecule has 0 aliphatic heterocycles. The van der Waals surface area contributed by atoms with Crippen molar-refractivity contribution in [3.05, 3.63) is 65.1 Å². The molecular formula is C22H24N4O4. The molecule has 4 rings (SSSR count). The van der Waals surface area contributed by atoms with Gasteiger partial charge in [0.2, 0.25) is 0 Å². The van der Waals surface area contributed by atoms with Crippen LogP contribution in [0.2, 0.25) is 0 Å². The monoisotopic (exact) mass is 408 g/mol. The third-order valence-electron chi connectivity index (χ3n) is 4.89. The van der Waals surface area contributed by atoms with Crippen LogP contribution in [0.4, 0.5) is 0 Å². The molecule has 1 N–H and O–H groups in total. The highest BCUT2D eigenvalue weighted by atomic mass is 16.5. The molecular weight excluding hydrogens is 384 g/mol. The highest BCUT2D eigenvalue weighted by Crippen LogP contribution is 2.36. The summed E-state index contributed by atoms with van der Waals surface area (Å²) in [7, 11) is 1.61. The third-order valence-corrected chi connectivity index (χ3v) is 4.89. The zero-order valence-corrected chi connectivity index (χ0v) is 16.8. The average Bonchev–Trinajstić information content (AvgIpc) is 3.57. The number of nitrogens with zero attached hydrogens (tertiary/aromatic N) is 3. The number of amides is 1. The fourth-order valence-corrected chi connectivity index (χ4v) is 3.18. The average molecular weight is 408 g/mol. The second-order valence-corrected chi connectivity index (χ2v) is 7.11. The first-order valence-corrected chi connectivity index (χ1v) is 9.94. The molecule has 3 aromatic rings. The van der Waals surface area contributed by atoms with E-state index in [1.54, 1.807) is 23.8 Å². The van der Waals surface area contributed by atoms with Crippen molar-refractivity contribution >= 4 is 5.91 Å². The zero-order valence-electron chi connectivity index (χ0n) is 16.8. The third kappa shape index (κ3) is 4.53. The zero-order chi connectivity index (χ0) is 20.9. The van der Waals surface area contributed by atoms with Gasteiger partial charge in [-0.2, -0.15) is 0 Å². The number of methoxy groups -OCH3 is 1. The van der Waals surface area contributed by atoms with Gasteiger partial charge >= 0.3 is 5.69 Å². The first-order valence-electron chi connectivity index (χ1n) is 9.94. The van der Waals surface area contributed by atoms with Gasteiger partial charge in [0.25, 0.3) is 5.91 Å². The van der Waals surface area contributed by atoms with Crippen LogP contribution >= 0.6 is 0 Å². The number of carbonyl (C=O) groups is 1. The molecule has 0 atom stereocenters. The molecule has 156 valence electrons. The molecule has 8 nitrogen and oxygen atoms in total. The van der Waals surface area contributed by atoms with E-state index in [1.165, 1.54) is 4.68 Å². The largest absolute Gasteiger partial charge is 0.497 e. The SMILES string of the molecule is COc1ccc(-c2nn(CCNC(=O)COc3ccccc3)c(=O)n2C2CC2)cc1. The first kappa shape index (κ1) is 19.8. The summed E-state index contributed by atoms with van der Waals surface area (Å²) < 4.78 is 13.8. The second-order valence-electron chi connectivity index (χ2n) is 7.11. The van der Waals surface area contributed by atoms with E-state index in [9.17, 15) is 9.59 Å². The molecule has 0 radical (unpaired) electrons. The van der Waals surface area contributed by atoms with E-state index < -0.39 is 0 Å². The molecule has 1 saturated carbocycles. The first-order chi connectivity index (χ1) is 14.7. The second kappa shape index (κ2) is 8.86. The van der Waals surface area contributed by atoms with Crippen molar-refractivity contribution in [1.29, 1.82) is 0 Å². The Balaban J connectivity index is 1.39. The fourth-order valence-electron chi connectivity index (χ4n) is 3.18. The van der Waals surface area contributed by atoms with Gasteiger partial charge in [0.15, 0.2) is 12.4 Å². The summed E-state index contributed by atoms with van der Waals surface area (Å²) in [5, 5.41) is 7.30. The maximum absolute atomic E-state index is 12.9. The van der Waals surface area contributed by atoms with Gasteiger partial charge in [-0.15, -0.1) is 5.10 Å². The van der Waals surface area contributed by atoms with E-state index in [0.29, 0.717) is 24.7 Å². The molecule has 0 unspecified atom stereocenters. The van der Waals surface area contributed by atoms with Crippen LogP contribution in [0.5, 0.6) is 11.5 Å². The minimum atomic E-state index is -0.246. The van der Waals surface area contributed by atoms with Crippen LogP contribution in [-0.2, 0) is 11.3 Å². The summed E-state index contributed by atoms with van der Waals surface area (Å²) in [5.74, 6) is 1.78. The Bertz CT molecular complexity index is 1050. The molecule has 2 aromatic carbocycles. The minimum absolute atomic E-state index is 0.0769. The van der Waals surface area contributed by atoms with Crippen molar-refractivity contribution in [3.8, 4) is 22.9 Å². The minimum Gasteiger partial charge on any atom is -0.497 e. The fraction of sp³-hybridized carbons (Fsp3) is 0.318. The predicted octanol–water partition coefficient (Wildman–Crippen LogP) is 2.25. The van der Waals surface area contributed by atoms with Crippen LogP contribution in [0, 0.1) is 0 Å². The molecule has 1 amide bonds. The van der Waals surface area contributed by atoms with Crippen LogP contribution in [0.1, 0.15) is 18.9 Å². The summed E-state index contributed by atoms with van der Waals surface area (Å²) >= 11 is 0. The lowest BCUT2D eigenvalue weighted by molar-refractivity contribution is -0.123. The van der Waals surface area contributed by atoms with E-state index in [2.05, 4.69) is 10.4 Å². The number of hydrogen-bond acceptors (Lipinski definition) is 5. The van der Waals surface area contributed by atoms with E-state index >= 15 is 0 Å². The molecule has 1 heterocycles. The molecule has 8 heteroatoms. The van der Waals surface area contributed by atoms with Crippen molar-refractivity contribution in [2.45, 2.75) is 25.4 Å². The summed E-state index contributed by atoms with van der Waals surface area (Å²) in [6.45, 7) is 0.506. The Morgan fingerprint density at radius 2 is 1.83 bits per heavy atom. The van der Waals surface area contributed by atoms with Gasteiger partial charge in [0, 0.05) is 18.2 Å². The number of nitrogens with one attached hydrogen (secondary N) is 1. The van der Waals surface area contributed by atoms with Crippen molar-refractivity contribution in [2.75, 3.05) is 20.3 Å². The highest BCUT2D eigenvalue weighted by molar-refractivity contribution is 5.77. The molecule has 1 aromatic heterocycles. The standard InChI is InChI=1S/C22H24N4O4/c1-29-18-11-7-16(8-12-18)21-24-25(22(28)26(21)17-9-10-17)14-13-23-20(27)15-30-19-5-3-2-4-6-19/h2-8,11-12,17H,9-10,13-15H2,1H3,(H,23,27). The molecule has 0 saturated heterocycles. The van der Waals surface area contributed by atoms with Crippen molar-refractivity contribution in [1.82, 2.24) is 19.7 Å². The van der Waals surface area contributed by atoms with Gasteiger partial charge in [-0.1, -0.05) is 18.2 Å². The molecule has 30 heavy (non-hydrogen) atoms. The smallest absolute Gasteiger partial charge is 0.346 e. The van der Waals surface area contributed by atoms with Crippen molar-refractivity contribution in [3.63, 3.8) is 0 Å². The van der Waals surface area contributed by atoms with Gasteiger partial charge in [-0.3, -0.25) is 9.36 Å². The number of hydrogen-bond donors (Lipinski definition) is 1. The molecule has 1 aliphatic carbocycles. The normalized spacial score (nSPS) is 13.1. The van der Waals surface area contributed by atoms with Gasteiger partial charge in [0.1, 0.15) is 11.5 Å². The van der Waals surface area contributed by atoms with Gasteiger partial charge in [-0.05, 0) is 49.2 Å². The van der Waals surface area contributed by atoms with Gasteiger partial charge in [-0.25, -0.2) is 9.48 Å². The van der Waals surface area contributed by atoms with Gasteiger partial charge in [0.05, 0.1) is 13.7 Å². The Kier molecular flexibility index (Phi) is 5.83. The lowest BCUT2D eigenvalue weighted by atomic mass is 10.2.